The van der Waals surface area contributed by atoms with Crippen LogP contribution in [0.1, 0.15) is 37.8 Å². The van der Waals surface area contributed by atoms with Crippen molar-refractivity contribution in [1.29, 1.82) is 0 Å². The van der Waals surface area contributed by atoms with Crippen LogP contribution in [-0.2, 0) is 4.79 Å². The fourth-order valence-electron chi connectivity index (χ4n) is 3.23. The first-order chi connectivity index (χ1) is 11.6. The van der Waals surface area contributed by atoms with Crippen molar-refractivity contribution in [2.45, 2.75) is 32.2 Å². The highest BCUT2D eigenvalue weighted by Gasteiger charge is 2.39. The van der Waals surface area contributed by atoms with Gasteiger partial charge in [-0.15, -0.1) is 0 Å². The molecular weight excluding hydrogens is 326 g/mol. The fourth-order valence-corrected chi connectivity index (χ4v) is 3.50. The van der Waals surface area contributed by atoms with Gasteiger partial charge < -0.3 is 4.74 Å². The summed E-state index contributed by atoms with van der Waals surface area (Å²) in [6.07, 6.45) is 3.08. The standard InChI is InChI=1S/C18H18ClN3O2/c1-10(23)22-17(9-16(21-22)11-3-4-11)14-7-12-5-6-13(24-2)8-15(12)20-18(14)19/h5-8,11,17H,3-4,9H2,1-2H3. The van der Waals surface area contributed by atoms with E-state index < -0.39 is 0 Å². The van der Waals surface area contributed by atoms with Crippen LogP contribution in [0.4, 0.5) is 0 Å². The quantitative estimate of drug-likeness (QED) is 0.793. The van der Waals surface area contributed by atoms with Crippen molar-refractivity contribution < 1.29 is 9.53 Å². The minimum atomic E-state index is -0.162. The molecule has 1 amide bonds. The number of methoxy groups -OCH3 is 1. The molecule has 2 aliphatic rings. The van der Waals surface area contributed by atoms with Crippen LogP contribution in [0.3, 0.4) is 0 Å². The summed E-state index contributed by atoms with van der Waals surface area (Å²) < 4.78 is 5.23. The number of ether oxygens (including phenoxy) is 1. The predicted molar refractivity (Wildman–Crippen MR) is 93.3 cm³/mol. The van der Waals surface area contributed by atoms with Gasteiger partial charge in [0.15, 0.2) is 0 Å². The average Bonchev–Trinajstić information content (AvgIpc) is 3.32. The molecule has 24 heavy (non-hydrogen) atoms. The Morgan fingerprint density at radius 3 is 2.79 bits per heavy atom. The second-order valence-corrected chi connectivity index (χ2v) is 6.73. The predicted octanol–water partition coefficient (Wildman–Crippen LogP) is 3.96. The minimum Gasteiger partial charge on any atom is -0.497 e. The Kier molecular flexibility index (Phi) is 3.68. The molecule has 1 aromatic carbocycles. The number of carbonyl (C=O) groups is 1. The van der Waals surface area contributed by atoms with Gasteiger partial charge in [-0.05, 0) is 37.0 Å². The van der Waals surface area contributed by atoms with Gasteiger partial charge in [0.2, 0.25) is 5.91 Å². The van der Waals surface area contributed by atoms with Gasteiger partial charge in [0.1, 0.15) is 10.9 Å². The van der Waals surface area contributed by atoms with Crippen LogP contribution < -0.4 is 4.74 Å². The number of hydrogen-bond acceptors (Lipinski definition) is 4. The van der Waals surface area contributed by atoms with Gasteiger partial charge in [0.05, 0.1) is 18.7 Å². The third kappa shape index (κ3) is 2.63. The number of aromatic nitrogens is 1. The summed E-state index contributed by atoms with van der Waals surface area (Å²) in [5.41, 5.74) is 2.74. The molecule has 4 rings (SSSR count). The maximum atomic E-state index is 12.0. The maximum Gasteiger partial charge on any atom is 0.240 e. The molecule has 0 radical (unpaired) electrons. The third-order valence-electron chi connectivity index (χ3n) is 4.67. The van der Waals surface area contributed by atoms with Gasteiger partial charge in [0.25, 0.3) is 0 Å². The smallest absolute Gasteiger partial charge is 0.240 e. The summed E-state index contributed by atoms with van der Waals surface area (Å²) >= 11 is 6.45. The maximum absolute atomic E-state index is 12.0. The lowest BCUT2D eigenvalue weighted by atomic mass is 10.00. The number of nitrogens with zero attached hydrogens (tertiary/aromatic N) is 3. The number of rotatable bonds is 3. The van der Waals surface area contributed by atoms with Crippen LogP contribution in [0.25, 0.3) is 10.9 Å². The van der Waals surface area contributed by atoms with Crippen molar-refractivity contribution in [3.8, 4) is 5.75 Å². The molecule has 1 saturated carbocycles. The normalized spacial score (nSPS) is 20.4. The second kappa shape index (κ2) is 5.74. The number of benzene rings is 1. The fraction of sp³-hybridized carbons (Fsp3) is 0.389. The SMILES string of the molecule is COc1ccc2cc(C3CC(C4CC4)=NN3C(C)=O)c(Cl)nc2c1. The lowest BCUT2D eigenvalue weighted by molar-refractivity contribution is -0.130. The first-order valence-corrected chi connectivity index (χ1v) is 8.46. The van der Waals surface area contributed by atoms with Crippen molar-refractivity contribution in [2.75, 3.05) is 7.11 Å². The molecule has 2 aromatic rings. The topological polar surface area (TPSA) is 54.8 Å². The van der Waals surface area contributed by atoms with E-state index >= 15 is 0 Å². The van der Waals surface area contributed by atoms with Crippen LogP contribution in [0.2, 0.25) is 5.15 Å². The highest BCUT2D eigenvalue weighted by molar-refractivity contribution is 6.30. The molecule has 1 unspecified atom stereocenters. The summed E-state index contributed by atoms with van der Waals surface area (Å²) in [6.45, 7) is 1.54. The molecule has 2 heterocycles. The zero-order valence-electron chi connectivity index (χ0n) is 13.6. The molecular formula is C18H18ClN3O2. The van der Waals surface area contributed by atoms with Gasteiger partial charge >= 0.3 is 0 Å². The number of hydrogen-bond donors (Lipinski definition) is 0. The molecule has 0 saturated heterocycles. The molecule has 1 aliphatic carbocycles. The number of pyridine rings is 1. The third-order valence-corrected chi connectivity index (χ3v) is 4.97. The summed E-state index contributed by atoms with van der Waals surface area (Å²) in [5.74, 6) is 1.21. The lowest BCUT2D eigenvalue weighted by Gasteiger charge is -2.21. The van der Waals surface area contributed by atoms with E-state index in [-0.39, 0.29) is 11.9 Å². The summed E-state index contributed by atoms with van der Waals surface area (Å²) in [4.78, 5) is 16.5. The molecule has 1 aliphatic heterocycles. The Morgan fingerprint density at radius 1 is 1.33 bits per heavy atom. The summed E-state index contributed by atoms with van der Waals surface area (Å²) in [5, 5.41) is 7.50. The Morgan fingerprint density at radius 2 is 2.12 bits per heavy atom. The summed E-state index contributed by atoms with van der Waals surface area (Å²) in [7, 11) is 1.62. The second-order valence-electron chi connectivity index (χ2n) is 6.38. The molecule has 0 N–H and O–H groups in total. The van der Waals surface area contributed by atoms with Crippen molar-refractivity contribution in [3.63, 3.8) is 0 Å². The highest BCUT2D eigenvalue weighted by atomic mass is 35.5. The van der Waals surface area contributed by atoms with E-state index in [1.54, 1.807) is 19.0 Å². The molecule has 0 bridgehead atoms. The molecule has 6 heteroatoms. The van der Waals surface area contributed by atoms with Crippen LogP contribution >= 0.6 is 11.6 Å². The van der Waals surface area contributed by atoms with E-state index in [1.165, 1.54) is 12.8 Å². The Labute approximate surface area is 145 Å². The monoisotopic (exact) mass is 343 g/mol. The minimum absolute atomic E-state index is 0.0680. The average molecular weight is 344 g/mol. The Hall–Kier alpha value is -2.14. The van der Waals surface area contributed by atoms with E-state index in [1.807, 2.05) is 24.3 Å². The molecule has 5 nitrogen and oxygen atoms in total. The van der Waals surface area contributed by atoms with Crippen molar-refractivity contribution in [2.24, 2.45) is 11.0 Å². The van der Waals surface area contributed by atoms with Gasteiger partial charge in [-0.3, -0.25) is 4.79 Å². The summed E-state index contributed by atoms with van der Waals surface area (Å²) in [6, 6.07) is 7.55. The number of halogens is 1. The number of fused-ring (bicyclic) bond motifs is 1. The number of carbonyl (C=O) groups excluding carboxylic acids is 1. The van der Waals surface area contributed by atoms with E-state index in [0.717, 1.165) is 34.3 Å². The largest absolute Gasteiger partial charge is 0.497 e. The Balaban J connectivity index is 1.75. The van der Waals surface area contributed by atoms with E-state index in [0.29, 0.717) is 11.1 Å². The zero-order valence-corrected chi connectivity index (χ0v) is 14.4. The first kappa shape index (κ1) is 15.4. The van der Waals surface area contributed by atoms with Crippen LogP contribution in [-0.4, -0.2) is 28.7 Å². The van der Waals surface area contributed by atoms with E-state index in [9.17, 15) is 4.79 Å². The van der Waals surface area contributed by atoms with E-state index in [2.05, 4.69) is 10.1 Å². The van der Waals surface area contributed by atoms with Crippen molar-refractivity contribution >= 4 is 34.1 Å². The highest BCUT2D eigenvalue weighted by Crippen LogP contribution is 2.42. The van der Waals surface area contributed by atoms with Gasteiger partial charge in [0, 0.05) is 36.1 Å². The zero-order chi connectivity index (χ0) is 16.8. The lowest BCUT2D eigenvalue weighted by Crippen LogP contribution is -2.24. The van der Waals surface area contributed by atoms with Gasteiger partial charge in [-0.1, -0.05) is 11.6 Å². The van der Waals surface area contributed by atoms with Crippen LogP contribution in [0.5, 0.6) is 5.75 Å². The molecule has 1 aromatic heterocycles. The van der Waals surface area contributed by atoms with Crippen LogP contribution in [0, 0.1) is 5.92 Å². The molecule has 124 valence electrons. The van der Waals surface area contributed by atoms with Crippen molar-refractivity contribution in [3.05, 3.63) is 35.0 Å². The van der Waals surface area contributed by atoms with Gasteiger partial charge in [-0.2, -0.15) is 5.10 Å². The molecule has 1 fully saturated rings. The van der Waals surface area contributed by atoms with Crippen molar-refractivity contribution in [1.82, 2.24) is 9.99 Å². The number of amides is 1. The Bertz CT molecular complexity index is 861. The van der Waals surface area contributed by atoms with Crippen LogP contribution in [0.15, 0.2) is 29.4 Å². The van der Waals surface area contributed by atoms with E-state index in [4.69, 9.17) is 16.3 Å². The number of hydrazone groups is 1. The van der Waals surface area contributed by atoms with Gasteiger partial charge in [-0.25, -0.2) is 9.99 Å². The molecule has 0 spiro atoms. The first-order valence-electron chi connectivity index (χ1n) is 8.08. The molecule has 1 atom stereocenters.